The number of rotatable bonds is 5. The number of nitrogens with two attached hydrogens (primary N) is 1. The molecule has 13 heteroatoms. The van der Waals surface area contributed by atoms with E-state index in [0.29, 0.717) is 5.69 Å². The Morgan fingerprint density at radius 3 is 2.00 bits per heavy atom. The van der Waals surface area contributed by atoms with Crippen molar-refractivity contribution in [1.82, 2.24) is 0 Å². The summed E-state index contributed by atoms with van der Waals surface area (Å²) in [5, 5.41) is -3.01. The molecule has 0 fully saturated rings. The summed E-state index contributed by atoms with van der Waals surface area (Å²) in [5.41, 5.74) is 6.12. The van der Waals surface area contributed by atoms with Gasteiger partial charge in [0.05, 0.1) is 5.69 Å². The molecule has 158 valence electrons. The van der Waals surface area contributed by atoms with Crippen molar-refractivity contribution in [2.45, 2.75) is 22.2 Å². The number of amides is 1. The molecule has 0 saturated heterocycles. The molecular weight excluding hydrogens is 561 g/mol. The fourth-order valence-electron chi connectivity index (χ4n) is 1.97. The Labute approximate surface area is 180 Å². The van der Waals surface area contributed by atoms with Crippen molar-refractivity contribution in [3.63, 3.8) is 0 Å². The van der Waals surface area contributed by atoms with E-state index in [-0.39, 0.29) is 20.2 Å². The number of nitrogens with one attached hydrogen (secondary N) is 1. The molecule has 0 spiro atoms. The molecular formula is C16H9Br2F7N2OS. The fraction of sp³-hybridized carbons (Fsp3) is 0.188. The molecule has 0 saturated carbocycles. The molecule has 1 amide bonds. The molecule has 0 atom stereocenters. The van der Waals surface area contributed by atoms with Gasteiger partial charge in [0, 0.05) is 25.1 Å². The van der Waals surface area contributed by atoms with Crippen molar-refractivity contribution >= 4 is 60.9 Å². The molecule has 0 heterocycles. The van der Waals surface area contributed by atoms with Crippen LogP contribution in [0, 0.1) is 0 Å². The number of hydrogen-bond donors (Lipinski definition) is 2. The van der Waals surface area contributed by atoms with E-state index < -0.39 is 39.9 Å². The second kappa shape index (κ2) is 8.34. The lowest BCUT2D eigenvalue weighted by molar-refractivity contribution is -0.330. The molecule has 0 aliphatic heterocycles. The summed E-state index contributed by atoms with van der Waals surface area (Å²) >= 11 is 4.99. The summed E-state index contributed by atoms with van der Waals surface area (Å²) in [6.45, 7) is 0. The average molecular weight is 570 g/mol. The van der Waals surface area contributed by atoms with Gasteiger partial charge in [0.15, 0.2) is 0 Å². The molecule has 2 aromatic carbocycles. The summed E-state index contributed by atoms with van der Waals surface area (Å²) in [4.78, 5) is 11.7. The number of carbonyl (C=O) groups is 1. The van der Waals surface area contributed by atoms with E-state index in [1.54, 1.807) is 6.07 Å². The van der Waals surface area contributed by atoms with Crippen molar-refractivity contribution < 1.29 is 35.5 Å². The van der Waals surface area contributed by atoms with Gasteiger partial charge < -0.3 is 11.1 Å². The highest BCUT2D eigenvalue weighted by Crippen LogP contribution is 2.54. The summed E-state index contributed by atoms with van der Waals surface area (Å²) in [6, 6.07) is 7.66. The number of hydrogen-bond acceptors (Lipinski definition) is 3. The number of thioether (sulfide) groups is 1. The Bertz CT molecular complexity index is 915. The summed E-state index contributed by atoms with van der Waals surface area (Å²) in [5.74, 6) is -6.86. The standard InChI is InChI=1S/C16H9Br2F7N2OS/c17-10-5-9(29-16(24,25)14(19,20)15(21,22)23)6-11(18)12(10)27-13(28)7-2-1-3-8(26)4-7/h1-6H,26H2,(H,27,28). The van der Waals surface area contributed by atoms with Gasteiger partial charge in [-0.05, 0) is 74.0 Å². The van der Waals surface area contributed by atoms with E-state index in [0.717, 1.165) is 12.1 Å². The minimum atomic E-state index is -6.43. The van der Waals surface area contributed by atoms with Gasteiger partial charge in [-0.25, -0.2) is 0 Å². The molecule has 0 aliphatic carbocycles. The van der Waals surface area contributed by atoms with Crippen molar-refractivity contribution in [3.8, 4) is 0 Å². The first kappa shape index (κ1) is 23.8. The van der Waals surface area contributed by atoms with Crippen molar-refractivity contribution in [2.24, 2.45) is 0 Å². The molecule has 0 unspecified atom stereocenters. The Hall–Kier alpha value is -1.47. The Morgan fingerprint density at radius 1 is 0.966 bits per heavy atom. The van der Waals surface area contributed by atoms with Gasteiger partial charge in [-0.15, -0.1) is 0 Å². The van der Waals surface area contributed by atoms with Gasteiger partial charge in [-0.3, -0.25) is 4.79 Å². The third-order valence-corrected chi connectivity index (χ3v) is 5.61. The van der Waals surface area contributed by atoms with Crippen molar-refractivity contribution in [2.75, 3.05) is 11.1 Å². The van der Waals surface area contributed by atoms with Crippen LogP contribution in [0.3, 0.4) is 0 Å². The van der Waals surface area contributed by atoms with Crippen LogP contribution in [0.2, 0.25) is 0 Å². The lowest BCUT2D eigenvalue weighted by Gasteiger charge is -2.27. The maximum absolute atomic E-state index is 13.6. The van der Waals surface area contributed by atoms with E-state index in [2.05, 4.69) is 37.2 Å². The van der Waals surface area contributed by atoms with Gasteiger partial charge in [-0.2, -0.15) is 30.7 Å². The van der Waals surface area contributed by atoms with Crippen LogP contribution in [-0.4, -0.2) is 23.3 Å². The Balaban J connectivity index is 2.29. The molecule has 0 radical (unpaired) electrons. The zero-order valence-electron chi connectivity index (χ0n) is 13.8. The Morgan fingerprint density at radius 2 is 1.52 bits per heavy atom. The minimum absolute atomic E-state index is 0.0299. The van der Waals surface area contributed by atoms with Crippen LogP contribution in [0.25, 0.3) is 0 Å². The summed E-state index contributed by atoms with van der Waals surface area (Å²) in [6.07, 6.45) is -6.43. The van der Waals surface area contributed by atoms with E-state index in [1.807, 2.05) is 0 Å². The summed E-state index contributed by atoms with van der Waals surface area (Å²) in [7, 11) is 0. The second-order valence-electron chi connectivity index (χ2n) is 5.53. The number of alkyl halides is 7. The highest BCUT2D eigenvalue weighted by Gasteiger charge is 2.73. The highest BCUT2D eigenvalue weighted by molar-refractivity contribution is 9.11. The number of carbonyl (C=O) groups excluding carboxylic acids is 1. The third-order valence-electron chi connectivity index (χ3n) is 3.37. The first-order valence-electron chi connectivity index (χ1n) is 7.33. The highest BCUT2D eigenvalue weighted by atomic mass is 79.9. The average Bonchev–Trinajstić information content (AvgIpc) is 2.56. The molecule has 0 aliphatic rings. The number of benzene rings is 2. The maximum atomic E-state index is 13.6. The molecule has 2 aromatic rings. The number of nitrogen functional groups attached to an aromatic ring is 1. The van der Waals surface area contributed by atoms with Crippen molar-refractivity contribution in [3.05, 3.63) is 50.9 Å². The predicted octanol–water partition coefficient (Wildman–Crippen LogP) is 6.93. The second-order valence-corrected chi connectivity index (χ2v) is 8.43. The van der Waals surface area contributed by atoms with E-state index in [4.69, 9.17) is 5.73 Å². The summed E-state index contributed by atoms with van der Waals surface area (Å²) < 4.78 is 90.1. The van der Waals surface area contributed by atoms with E-state index in [1.165, 1.54) is 18.2 Å². The fourth-order valence-corrected chi connectivity index (χ4v) is 4.55. The van der Waals surface area contributed by atoms with Gasteiger partial charge in [0.1, 0.15) is 0 Å². The van der Waals surface area contributed by atoms with E-state index in [9.17, 15) is 35.5 Å². The first-order valence-corrected chi connectivity index (χ1v) is 9.73. The lowest BCUT2D eigenvalue weighted by Crippen LogP contribution is -2.49. The van der Waals surface area contributed by atoms with Crippen LogP contribution >= 0.6 is 43.6 Å². The third kappa shape index (κ3) is 5.18. The van der Waals surface area contributed by atoms with Crippen LogP contribution in [-0.2, 0) is 0 Å². The SMILES string of the molecule is Nc1cccc(C(=O)Nc2c(Br)cc(SC(F)(F)C(F)(F)C(F)(F)F)cc2Br)c1. The van der Waals surface area contributed by atoms with Crippen LogP contribution in [0.4, 0.5) is 42.1 Å². The van der Waals surface area contributed by atoms with Crippen LogP contribution < -0.4 is 11.1 Å². The zero-order valence-corrected chi connectivity index (χ0v) is 17.7. The van der Waals surface area contributed by atoms with Gasteiger partial charge in [-0.1, -0.05) is 6.07 Å². The van der Waals surface area contributed by atoms with Crippen molar-refractivity contribution in [1.29, 1.82) is 0 Å². The van der Waals surface area contributed by atoms with Crippen LogP contribution in [0.1, 0.15) is 10.4 Å². The Kier molecular flexibility index (Phi) is 6.85. The lowest BCUT2D eigenvalue weighted by atomic mass is 10.2. The topological polar surface area (TPSA) is 55.1 Å². The number of anilines is 2. The molecule has 0 bridgehead atoms. The molecule has 0 aromatic heterocycles. The van der Waals surface area contributed by atoms with Gasteiger partial charge in [0.25, 0.3) is 5.91 Å². The van der Waals surface area contributed by atoms with Crippen LogP contribution in [0.15, 0.2) is 50.2 Å². The molecule has 29 heavy (non-hydrogen) atoms. The largest absolute Gasteiger partial charge is 0.460 e. The predicted molar refractivity (Wildman–Crippen MR) is 102 cm³/mol. The number of halogens is 9. The first-order chi connectivity index (χ1) is 13.2. The van der Waals surface area contributed by atoms with Gasteiger partial charge in [0.2, 0.25) is 0 Å². The molecule has 3 nitrogen and oxygen atoms in total. The maximum Gasteiger partial charge on any atom is 0.460 e. The normalized spacial score (nSPS) is 12.7. The van der Waals surface area contributed by atoms with E-state index >= 15 is 0 Å². The molecule has 3 N–H and O–H groups in total. The molecule has 2 rings (SSSR count). The monoisotopic (exact) mass is 568 g/mol. The van der Waals surface area contributed by atoms with Crippen LogP contribution in [0.5, 0.6) is 0 Å². The quantitative estimate of drug-likeness (QED) is 0.233. The minimum Gasteiger partial charge on any atom is -0.399 e. The smallest absolute Gasteiger partial charge is 0.399 e. The van der Waals surface area contributed by atoms with Gasteiger partial charge >= 0.3 is 17.4 Å². The zero-order chi connectivity index (χ0) is 22.2.